The van der Waals surface area contributed by atoms with E-state index in [1.165, 1.54) is 16.7 Å². The fourth-order valence-corrected chi connectivity index (χ4v) is 1.94. The molecule has 0 atom stereocenters. The Labute approximate surface area is 135 Å². The van der Waals surface area contributed by atoms with Crippen molar-refractivity contribution in [3.63, 3.8) is 0 Å². The van der Waals surface area contributed by atoms with Crippen molar-refractivity contribution < 1.29 is 0 Å². The van der Waals surface area contributed by atoms with E-state index >= 15 is 0 Å². The zero-order chi connectivity index (χ0) is 16.0. The van der Waals surface area contributed by atoms with Crippen LogP contribution in [0.15, 0.2) is 91.0 Å². The maximum absolute atomic E-state index is 2.18. The number of allylic oxidation sites excluding steroid dienone is 6. The Kier molecular flexibility index (Phi) is 9.12. The summed E-state index contributed by atoms with van der Waals surface area (Å²) in [7, 11) is 0. The third kappa shape index (κ3) is 6.90. The van der Waals surface area contributed by atoms with Crippen LogP contribution in [0.3, 0.4) is 0 Å². The van der Waals surface area contributed by atoms with Gasteiger partial charge in [0.15, 0.2) is 0 Å². The molecule has 2 aromatic rings. The molecule has 0 heteroatoms. The van der Waals surface area contributed by atoms with Gasteiger partial charge in [0.2, 0.25) is 0 Å². The summed E-state index contributed by atoms with van der Waals surface area (Å²) in [5, 5.41) is 0. The van der Waals surface area contributed by atoms with Gasteiger partial charge in [-0.2, -0.15) is 0 Å². The molecular weight excluding hydrogens is 264 g/mol. The molecule has 0 fully saturated rings. The molecule has 0 N–H and O–H groups in total. The minimum absolute atomic E-state index is 1.03. The van der Waals surface area contributed by atoms with Gasteiger partial charge >= 0.3 is 0 Å². The highest BCUT2D eigenvalue weighted by Crippen LogP contribution is 2.17. The monoisotopic (exact) mass is 290 g/mol. The summed E-state index contributed by atoms with van der Waals surface area (Å²) < 4.78 is 0. The van der Waals surface area contributed by atoms with Crippen LogP contribution < -0.4 is 0 Å². The van der Waals surface area contributed by atoms with Gasteiger partial charge in [0.1, 0.15) is 0 Å². The van der Waals surface area contributed by atoms with Crippen molar-refractivity contribution in [2.45, 2.75) is 27.2 Å². The van der Waals surface area contributed by atoms with Gasteiger partial charge in [0.05, 0.1) is 0 Å². The molecule has 0 aromatic heterocycles. The van der Waals surface area contributed by atoms with Crippen LogP contribution in [0.25, 0.3) is 5.57 Å². The molecule has 0 aliphatic heterocycles. The second-order valence-electron chi connectivity index (χ2n) is 4.71. The van der Waals surface area contributed by atoms with Crippen LogP contribution in [-0.2, 0) is 0 Å². The number of hydrogen-bond donors (Lipinski definition) is 0. The number of rotatable bonds is 1. The molecule has 0 unspecified atom stereocenters. The maximum Gasteiger partial charge on any atom is -0.0163 e. The highest BCUT2D eigenvalue weighted by atomic mass is 14.0. The first kappa shape index (κ1) is 17.7. The third-order valence-electron chi connectivity index (χ3n) is 3.03. The second-order valence-corrected chi connectivity index (χ2v) is 4.71. The largest absolute Gasteiger partial charge is 0.0807 e. The summed E-state index contributed by atoms with van der Waals surface area (Å²) in [6, 6.07) is 20.7. The van der Waals surface area contributed by atoms with Crippen LogP contribution in [0, 0.1) is 6.92 Å². The van der Waals surface area contributed by atoms with E-state index in [2.05, 4.69) is 73.7 Å². The topological polar surface area (TPSA) is 0 Å². The van der Waals surface area contributed by atoms with Crippen molar-refractivity contribution >= 4 is 5.57 Å². The standard InChI is InChI=1S/C13H12.C7H8.C2H6/c1-2-5-9-12(8-4-1)13-10-6-3-7-11-13;1-7-5-3-2-4-6-7;1-2/h1,3-11H,2H2;2-6H,1H3;1-2H3. The van der Waals surface area contributed by atoms with Gasteiger partial charge < -0.3 is 0 Å². The fourth-order valence-electron chi connectivity index (χ4n) is 1.94. The predicted molar refractivity (Wildman–Crippen MR) is 99.8 cm³/mol. The molecule has 0 saturated heterocycles. The quantitative estimate of drug-likeness (QED) is 0.554. The van der Waals surface area contributed by atoms with E-state index in [1.54, 1.807) is 0 Å². The lowest BCUT2D eigenvalue weighted by Gasteiger charge is -1.99. The van der Waals surface area contributed by atoms with E-state index < -0.39 is 0 Å². The van der Waals surface area contributed by atoms with Crippen LogP contribution >= 0.6 is 0 Å². The second kappa shape index (κ2) is 11.3. The summed E-state index contributed by atoms with van der Waals surface area (Å²) in [6.45, 7) is 6.08. The van der Waals surface area contributed by atoms with Crippen LogP contribution in [0.1, 0.15) is 31.4 Å². The lowest BCUT2D eigenvalue weighted by Crippen LogP contribution is -1.77. The average molecular weight is 290 g/mol. The van der Waals surface area contributed by atoms with Crippen LogP contribution in [0.2, 0.25) is 0 Å². The van der Waals surface area contributed by atoms with E-state index in [4.69, 9.17) is 0 Å². The molecule has 0 nitrogen and oxygen atoms in total. The van der Waals surface area contributed by atoms with Crippen molar-refractivity contribution in [1.82, 2.24) is 0 Å². The Morgan fingerprint density at radius 2 is 1.32 bits per heavy atom. The number of aryl methyl sites for hydroxylation is 1. The molecule has 2 aromatic carbocycles. The molecular formula is C22H26. The first-order valence-corrected chi connectivity index (χ1v) is 7.97. The van der Waals surface area contributed by atoms with Crippen molar-refractivity contribution in [1.29, 1.82) is 0 Å². The Morgan fingerprint density at radius 3 is 1.86 bits per heavy atom. The Balaban J connectivity index is 0.000000228. The smallest absolute Gasteiger partial charge is 0.0163 e. The number of hydrogen-bond acceptors (Lipinski definition) is 0. The lowest BCUT2D eigenvalue weighted by molar-refractivity contribution is 1.41. The van der Waals surface area contributed by atoms with Crippen LogP contribution in [0.5, 0.6) is 0 Å². The maximum atomic E-state index is 2.18. The SMILES string of the molecule is C1=CCC=CC(c2ccccc2)=C1.CC.Cc1ccccc1. The first-order valence-electron chi connectivity index (χ1n) is 7.97. The number of benzene rings is 2. The van der Waals surface area contributed by atoms with Gasteiger partial charge in [-0.05, 0) is 24.5 Å². The van der Waals surface area contributed by atoms with E-state index in [-0.39, 0.29) is 0 Å². The predicted octanol–water partition coefficient (Wildman–Crippen LogP) is 6.61. The summed E-state index contributed by atoms with van der Waals surface area (Å²) in [5.74, 6) is 0. The van der Waals surface area contributed by atoms with Crippen molar-refractivity contribution in [2.24, 2.45) is 0 Å². The van der Waals surface area contributed by atoms with E-state index in [1.807, 2.05) is 38.1 Å². The molecule has 1 aliphatic rings. The Hall–Kier alpha value is -2.34. The normalized spacial score (nSPS) is 12.0. The Morgan fingerprint density at radius 1 is 0.727 bits per heavy atom. The van der Waals surface area contributed by atoms with Crippen LogP contribution in [0.4, 0.5) is 0 Å². The average Bonchev–Trinajstić information content (AvgIpc) is 2.88. The van der Waals surface area contributed by atoms with Crippen molar-refractivity contribution in [3.05, 3.63) is 102 Å². The summed E-state index contributed by atoms with van der Waals surface area (Å²) >= 11 is 0. The molecule has 0 saturated carbocycles. The van der Waals surface area contributed by atoms with Gasteiger partial charge in [0, 0.05) is 0 Å². The van der Waals surface area contributed by atoms with Gasteiger partial charge in [-0.3, -0.25) is 0 Å². The van der Waals surface area contributed by atoms with Crippen molar-refractivity contribution in [2.75, 3.05) is 0 Å². The van der Waals surface area contributed by atoms with E-state index in [0.717, 1.165) is 6.42 Å². The summed E-state index contributed by atoms with van der Waals surface area (Å²) in [6.07, 6.45) is 11.8. The Bertz CT molecular complexity index is 586. The molecule has 0 radical (unpaired) electrons. The zero-order valence-electron chi connectivity index (χ0n) is 13.9. The fraction of sp³-hybridized carbons (Fsp3) is 0.182. The molecule has 0 heterocycles. The highest BCUT2D eigenvalue weighted by Gasteiger charge is 1.95. The molecule has 0 bridgehead atoms. The minimum Gasteiger partial charge on any atom is -0.0807 e. The van der Waals surface area contributed by atoms with E-state index in [9.17, 15) is 0 Å². The van der Waals surface area contributed by atoms with Gasteiger partial charge in [-0.1, -0.05) is 110 Å². The van der Waals surface area contributed by atoms with Gasteiger partial charge in [0.25, 0.3) is 0 Å². The summed E-state index contributed by atoms with van der Waals surface area (Å²) in [5.41, 5.74) is 3.89. The minimum atomic E-state index is 1.03. The highest BCUT2D eigenvalue weighted by molar-refractivity contribution is 5.75. The van der Waals surface area contributed by atoms with Crippen LogP contribution in [-0.4, -0.2) is 0 Å². The van der Waals surface area contributed by atoms with Gasteiger partial charge in [-0.15, -0.1) is 0 Å². The molecule has 3 rings (SSSR count). The van der Waals surface area contributed by atoms with Crippen molar-refractivity contribution in [3.8, 4) is 0 Å². The molecule has 1 aliphatic carbocycles. The summed E-state index contributed by atoms with van der Waals surface area (Å²) in [4.78, 5) is 0. The molecule has 0 amide bonds. The molecule has 0 spiro atoms. The zero-order valence-corrected chi connectivity index (χ0v) is 13.9. The van der Waals surface area contributed by atoms with E-state index in [0.29, 0.717) is 0 Å². The first-order chi connectivity index (χ1) is 10.9. The van der Waals surface area contributed by atoms with Gasteiger partial charge in [-0.25, -0.2) is 0 Å². The molecule has 22 heavy (non-hydrogen) atoms. The lowest BCUT2D eigenvalue weighted by atomic mass is 10.1. The molecule has 114 valence electrons. The third-order valence-corrected chi connectivity index (χ3v) is 3.03.